The molecule has 6 heteroatoms. The van der Waals surface area contributed by atoms with Crippen molar-refractivity contribution < 1.29 is 14.3 Å². The van der Waals surface area contributed by atoms with Crippen molar-refractivity contribution in [3.05, 3.63) is 0 Å². The van der Waals surface area contributed by atoms with Gasteiger partial charge < -0.3 is 21.1 Å². The first-order valence-electron chi connectivity index (χ1n) is 5.33. The van der Waals surface area contributed by atoms with Crippen LogP contribution in [0, 0.1) is 0 Å². The molecule has 1 saturated heterocycles. The van der Waals surface area contributed by atoms with E-state index >= 15 is 0 Å². The summed E-state index contributed by atoms with van der Waals surface area (Å²) in [5.74, 6) is -0.802. The minimum atomic E-state index is -1.00. The highest BCUT2D eigenvalue weighted by Crippen LogP contribution is 2.19. The van der Waals surface area contributed by atoms with E-state index in [0.29, 0.717) is 13.0 Å². The summed E-state index contributed by atoms with van der Waals surface area (Å²) in [4.78, 5) is 24.5. The molecule has 1 fully saturated rings. The van der Waals surface area contributed by atoms with Crippen molar-refractivity contribution in [2.24, 2.45) is 11.5 Å². The first-order valence-corrected chi connectivity index (χ1v) is 5.33. The lowest BCUT2D eigenvalue weighted by Gasteiger charge is -2.32. The molecule has 6 nitrogen and oxygen atoms in total. The van der Waals surface area contributed by atoms with E-state index in [2.05, 4.69) is 0 Å². The number of amides is 2. The van der Waals surface area contributed by atoms with Gasteiger partial charge in [0.15, 0.2) is 0 Å². The van der Waals surface area contributed by atoms with E-state index in [1.807, 2.05) is 13.8 Å². The third kappa shape index (κ3) is 2.70. The summed E-state index contributed by atoms with van der Waals surface area (Å²) in [6, 6.07) is -0.110. The van der Waals surface area contributed by atoms with Gasteiger partial charge in [0.05, 0.1) is 13.2 Å². The van der Waals surface area contributed by atoms with Gasteiger partial charge >= 0.3 is 0 Å². The van der Waals surface area contributed by atoms with E-state index in [-0.39, 0.29) is 25.1 Å². The number of nitrogens with zero attached hydrogens (tertiary/aromatic N) is 1. The molecule has 0 saturated carbocycles. The van der Waals surface area contributed by atoms with Gasteiger partial charge in [-0.25, -0.2) is 0 Å². The summed E-state index contributed by atoms with van der Waals surface area (Å²) in [7, 11) is 0. The standard InChI is InChI=1S/C10H19N3O3/c1-7(2)13(5-8(11)14)9(15)10(12)3-4-16-6-10/h7H,3-6,12H2,1-2H3,(H2,11,14). The molecule has 0 radical (unpaired) electrons. The van der Waals surface area contributed by atoms with E-state index in [4.69, 9.17) is 16.2 Å². The quantitative estimate of drug-likeness (QED) is 0.634. The third-order valence-corrected chi connectivity index (χ3v) is 2.69. The summed E-state index contributed by atoms with van der Waals surface area (Å²) >= 11 is 0. The maximum absolute atomic E-state index is 12.2. The molecule has 92 valence electrons. The van der Waals surface area contributed by atoms with Crippen LogP contribution in [0.15, 0.2) is 0 Å². The zero-order valence-electron chi connectivity index (χ0n) is 9.73. The second-order valence-electron chi connectivity index (χ2n) is 4.45. The Hall–Kier alpha value is -1.14. The van der Waals surface area contributed by atoms with Gasteiger partial charge in [-0.05, 0) is 20.3 Å². The van der Waals surface area contributed by atoms with Crippen LogP contribution in [0.25, 0.3) is 0 Å². The molecule has 2 amide bonds. The summed E-state index contributed by atoms with van der Waals surface area (Å²) in [6.07, 6.45) is 0.480. The minimum Gasteiger partial charge on any atom is -0.379 e. The monoisotopic (exact) mass is 229 g/mol. The maximum Gasteiger partial charge on any atom is 0.245 e. The fourth-order valence-electron chi connectivity index (χ4n) is 1.69. The third-order valence-electron chi connectivity index (χ3n) is 2.69. The van der Waals surface area contributed by atoms with Gasteiger partial charge in [0.2, 0.25) is 11.8 Å². The smallest absolute Gasteiger partial charge is 0.245 e. The van der Waals surface area contributed by atoms with Crippen LogP contribution in [0.4, 0.5) is 0 Å². The number of ether oxygens (including phenoxy) is 1. The van der Waals surface area contributed by atoms with Gasteiger partial charge in [0.25, 0.3) is 0 Å². The molecule has 0 aliphatic carbocycles. The van der Waals surface area contributed by atoms with Crippen molar-refractivity contribution >= 4 is 11.8 Å². The molecule has 1 atom stereocenters. The van der Waals surface area contributed by atoms with Crippen LogP contribution >= 0.6 is 0 Å². The number of primary amides is 1. The number of carbonyl (C=O) groups is 2. The number of hydrogen-bond acceptors (Lipinski definition) is 4. The van der Waals surface area contributed by atoms with E-state index in [9.17, 15) is 9.59 Å². The predicted octanol–water partition coefficient (Wildman–Crippen LogP) is -1.17. The average Bonchev–Trinajstić information content (AvgIpc) is 2.61. The Bertz CT molecular complexity index is 285. The van der Waals surface area contributed by atoms with E-state index in [1.165, 1.54) is 4.90 Å². The molecule has 0 bridgehead atoms. The zero-order chi connectivity index (χ0) is 12.3. The highest BCUT2D eigenvalue weighted by Gasteiger charge is 2.41. The Balaban J connectivity index is 2.77. The van der Waals surface area contributed by atoms with E-state index in [1.54, 1.807) is 0 Å². The minimum absolute atomic E-state index is 0.102. The Morgan fingerprint density at radius 2 is 2.12 bits per heavy atom. The van der Waals surface area contributed by atoms with Crippen molar-refractivity contribution in [2.75, 3.05) is 19.8 Å². The fraction of sp³-hybridized carbons (Fsp3) is 0.800. The zero-order valence-corrected chi connectivity index (χ0v) is 9.73. The molecule has 4 N–H and O–H groups in total. The van der Waals surface area contributed by atoms with Crippen molar-refractivity contribution in [1.29, 1.82) is 0 Å². The van der Waals surface area contributed by atoms with Crippen LogP contribution in [0.3, 0.4) is 0 Å². The molecule has 0 aromatic heterocycles. The second kappa shape index (κ2) is 4.80. The van der Waals surface area contributed by atoms with Crippen molar-refractivity contribution in [3.63, 3.8) is 0 Å². The molecule has 0 spiro atoms. The number of carbonyl (C=O) groups excluding carboxylic acids is 2. The van der Waals surface area contributed by atoms with Crippen LogP contribution < -0.4 is 11.5 Å². The molecule has 0 aromatic rings. The summed E-state index contributed by atoms with van der Waals surface area (Å²) in [5, 5.41) is 0. The van der Waals surface area contributed by atoms with Crippen LogP contribution in [-0.4, -0.2) is 48.1 Å². The van der Waals surface area contributed by atoms with Crippen molar-refractivity contribution in [3.8, 4) is 0 Å². The maximum atomic E-state index is 12.2. The normalized spacial score (nSPS) is 24.8. The Labute approximate surface area is 94.9 Å². The van der Waals surface area contributed by atoms with Gasteiger partial charge in [-0.15, -0.1) is 0 Å². The molecular weight excluding hydrogens is 210 g/mol. The van der Waals surface area contributed by atoms with Crippen molar-refractivity contribution in [1.82, 2.24) is 4.90 Å². The van der Waals surface area contributed by atoms with E-state index < -0.39 is 11.4 Å². The average molecular weight is 229 g/mol. The second-order valence-corrected chi connectivity index (χ2v) is 4.45. The van der Waals surface area contributed by atoms with Gasteiger partial charge in [0, 0.05) is 12.6 Å². The first-order chi connectivity index (χ1) is 7.37. The topological polar surface area (TPSA) is 98.7 Å². The predicted molar refractivity (Wildman–Crippen MR) is 58.4 cm³/mol. The van der Waals surface area contributed by atoms with Crippen LogP contribution in [0.1, 0.15) is 20.3 Å². The Morgan fingerprint density at radius 3 is 2.50 bits per heavy atom. The van der Waals surface area contributed by atoms with Gasteiger partial charge in [0.1, 0.15) is 5.54 Å². The van der Waals surface area contributed by atoms with Crippen LogP contribution in [0.2, 0.25) is 0 Å². The number of nitrogens with two attached hydrogens (primary N) is 2. The Morgan fingerprint density at radius 1 is 1.50 bits per heavy atom. The van der Waals surface area contributed by atoms with Crippen LogP contribution in [0.5, 0.6) is 0 Å². The van der Waals surface area contributed by atoms with Gasteiger partial charge in [-0.3, -0.25) is 9.59 Å². The van der Waals surface area contributed by atoms with Gasteiger partial charge in [-0.1, -0.05) is 0 Å². The highest BCUT2D eigenvalue weighted by molar-refractivity contribution is 5.90. The molecular formula is C10H19N3O3. The molecule has 0 aromatic carbocycles. The molecule has 1 aliphatic rings. The molecule has 1 rings (SSSR count). The van der Waals surface area contributed by atoms with Crippen LogP contribution in [-0.2, 0) is 14.3 Å². The molecule has 1 unspecified atom stereocenters. The lowest BCUT2D eigenvalue weighted by molar-refractivity contribution is -0.141. The largest absolute Gasteiger partial charge is 0.379 e. The highest BCUT2D eigenvalue weighted by atomic mass is 16.5. The van der Waals surface area contributed by atoms with Gasteiger partial charge in [-0.2, -0.15) is 0 Å². The van der Waals surface area contributed by atoms with Crippen molar-refractivity contribution in [2.45, 2.75) is 31.8 Å². The fourth-order valence-corrected chi connectivity index (χ4v) is 1.69. The number of hydrogen-bond donors (Lipinski definition) is 2. The molecule has 1 aliphatic heterocycles. The molecule has 1 heterocycles. The lowest BCUT2D eigenvalue weighted by Crippen LogP contribution is -2.58. The lowest BCUT2D eigenvalue weighted by atomic mass is 9.97. The Kier molecular flexibility index (Phi) is 3.88. The SMILES string of the molecule is CC(C)N(CC(N)=O)C(=O)C1(N)CCOC1. The molecule has 16 heavy (non-hydrogen) atoms. The first kappa shape index (κ1) is 12.9. The summed E-state index contributed by atoms with van der Waals surface area (Å²) in [5.41, 5.74) is 10.1. The van der Waals surface area contributed by atoms with E-state index in [0.717, 1.165) is 0 Å². The summed E-state index contributed by atoms with van der Waals surface area (Å²) in [6.45, 7) is 4.22. The summed E-state index contributed by atoms with van der Waals surface area (Å²) < 4.78 is 5.13. The number of rotatable bonds is 4.